The monoisotopic (exact) mass is 445 g/mol. The number of morpholine rings is 1. The fraction of sp³-hybridized carbons (Fsp3) is 0.609. The van der Waals surface area contributed by atoms with Crippen LogP contribution in [0.15, 0.2) is 45.3 Å². The highest BCUT2D eigenvalue weighted by Gasteiger charge is 2.28. The van der Waals surface area contributed by atoms with Crippen molar-refractivity contribution in [1.82, 2.24) is 20.4 Å². The number of hydrogen-bond donors (Lipinski definition) is 2. The third kappa shape index (κ3) is 5.88. The van der Waals surface area contributed by atoms with E-state index >= 15 is 0 Å². The number of rotatable bonds is 8. The van der Waals surface area contributed by atoms with Crippen LogP contribution in [-0.4, -0.2) is 74.8 Å². The van der Waals surface area contributed by atoms with Crippen molar-refractivity contribution in [2.24, 2.45) is 4.99 Å². The van der Waals surface area contributed by atoms with Gasteiger partial charge >= 0.3 is 0 Å². The molecule has 8 heteroatoms. The van der Waals surface area contributed by atoms with Gasteiger partial charge in [-0.2, -0.15) is 0 Å². The van der Waals surface area contributed by atoms with Gasteiger partial charge in [-0.15, -0.1) is 11.3 Å². The molecule has 2 aliphatic rings. The topological polar surface area (TPSA) is 65.3 Å². The molecule has 2 N–H and O–H groups in total. The molecule has 4 rings (SSSR count). The number of nitrogens with one attached hydrogen (secondary N) is 2. The molecule has 2 fully saturated rings. The predicted molar refractivity (Wildman–Crippen MR) is 126 cm³/mol. The highest BCUT2D eigenvalue weighted by Crippen LogP contribution is 2.27. The zero-order chi connectivity index (χ0) is 21.5. The van der Waals surface area contributed by atoms with E-state index in [1.807, 2.05) is 24.5 Å². The van der Waals surface area contributed by atoms with E-state index in [9.17, 15) is 0 Å². The van der Waals surface area contributed by atoms with Crippen molar-refractivity contribution < 1.29 is 9.15 Å². The average Bonchev–Trinajstić information content (AvgIpc) is 3.57. The van der Waals surface area contributed by atoms with Crippen LogP contribution in [-0.2, 0) is 4.74 Å². The highest BCUT2D eigenvalue weighted by atomic mass is 32.1. The molecule has 2 aromatic rings. The van der Waals surface area contributed by atoms with E-state index in [1.165, 1.54) is 17.7 Å². The van der Waals surface area contributed by atoms with Gasteiger partial charge in [-0.05, 0) is 56.4 Å². The molecule has 7 nitrogen and oxygen atoms in total. The van der Waals surface area contributed by atoms with Gasteiger partial charge in [-0.1, -0.05) is 6.07 Å². The molecular weight excluding hydrogens is 410 g/mol. The number of aliphatic imine (C=N–C) groups is 1. The van der Waals surface area contributed by atoms with Crippen LogP contribution in [0.2, 0.25) is 0 Å². The minimum Gasteiger partial charge on any atom is -0.468 e. The Hall–Kier alpha value is -1.87. The van der Waals surface area contributed by atoms with Gasteiger partial charge in [0.1, 0.15) is 5.76 Å². The summed E-state index contributed by atoms with van der Waals surface area (Å²) < 4.78 is 11.5. The summed E-state index contributed by atoms with van der Waals surface area (Å²) in [6, 6.07) is 8.95. The van der Waals surface area contributed by atoms with Gasteiger partial charge in [0.2, 0.25) is 0 Å². The van der Waals surface area contributed by atoms with Crippen molar-refractivity contribution in [2.75, 3.05) is 52.9 Å². The van der Waals surface area contributed by atoms with E-state index in [4.69, 9.17) is 9.15 Å². The second kappa shape index (κ2) is 11.1. The summed E-state index contributed by atoms with van der Waals surface area (Å²) in [5.74, 6) is 1.85. The lowest BCUT2D eigenvalue weighted by atomic mass is 10.1. The summed E-state index contributed by atoms with van der Waals surface area (Å²) in [6.07, 6.45) is 4.54. The van der Waals surface area contributed by atoms with E-state index in [0.29, 0.717) is 6.04 Å². The van der Waals surface area contributed by atoms with Crippen LogP contribution in [0.4, 0.5) is 0 Å². The van der Waals surface area contributed by atoms with Gasteiger partial charge in [0, 0.05) is 38.1 Å². The number of ether oxygens (including phenoxy) is 1. The zero-order valence-corrected chi connectivity index (χ0v) is 19.4. The summed E-state index contributed by atoms with van der Waals surface area (Å²) in [5.41, 5.74) is 0. The van der Waals surface area contributed by atoms with Gasteiger partial charge in [-0.25, -0.2) is 0 Å². The smallest absolute Gasteiger partial charge is 0.191 e. The first-order chi connectivity index (χ1) is 15.2. The summed E-state index contributed by atoms with van der Waals surface area (Å²) in [6.45, 7) is 8.66. The Balaban J connectivity index is 1.37. The second-order valence-corrected chi connectivity index (χ2v) is 9.30. The molecule has 0 amide bonds. The minimum atomic E-state index is 0.226. The third-order valence-corrected chi connectivity index (χ3v) is 7.16. The van der Waals surface area contributed by atoms with Crippen LogP contribution in [0.5, 0.6) is 0 Å². The normalized spacial score (nSPS) is 23.0. The molecule has 3 unspecified atom stereocenters. The number of nitrogens with zero attached hydrogens (tertiary/aromatic N) is 3. The fourth-order valence-corrected chi connectivity index (χ4v) is 5.43. The van der Waals surface area contributed by atoms with Crippen LogP contribution in [0.3, 0.4) is 0 Å². The molecular formula is C23H35N5O2S. The van der Waals surface area contributed by atoms with Gasteiger partial charge in [-0.3, -0.25) is 14.8 Å². The van der Waals surface area contributed by atoms with E-state index in [1.54, 1.807) is 6.26 Å². The molecule has 0 bridgehead atoms. The number of hydrogen-bond acceptors (Lipinski definition) is 6. The van der Waals surface area contributed by atoms with E-state index in [2.05, 4.69) is 55.9 Å². The van der Waals surface area contributed by atoms with E-state index in [0.717, 1.165) is 57.6 Å². The predicted octanol–water partition coefficient (Wildman–Crippen LogP) is 3.11. The Labute approximate surface area is 189 Å². The van der Waals surface area contributed by atoms with Crippen molar-refractivity contribution in [3.63, 3.8) is 0 Å². The zero-order valence-electron chi connectivity index (χ0n) is 18.6. The number of thiophene rings is 1. The maximum absolute atomic E-state index is 5.76. The van der Waals surface area contributed by atoms with Gasteiger partial charge < -0.3 is 19.8 Å². The molecule has 170 valence electrons. The molecule has 0 aliphatic carbocycles. The SMILES string of the molecule is CN=C(NCC(c1ccco1)N1CCCC1)NCC(c1cccs1)N1CCOC(C)C1. The molecule has 0 aromatic carbocycles. The first-order valence-corrected chi connectivity index (χ1v) is 12.2. The lowest BCUT2D eigenvalue weighted by Gasteiger charge is -2.37. The first-order valence-electron chi connectivity index (χ1n) is 11.4. The van der Waals surface area contributed by atoms with Crippen LogP contribution in [0.25, 0.3) is 0 Å². The summed E-state index contributed by atoms with van der Waals surface area (Å²) in [5, 5.41) is 9.28. The van der Waals surface area contributed by atoms with Crippen LogP contribution in [0, 0.1) is 0 Å². The minimum absolute atomic E-state index is 0.226. The quantitative estimate of drug-likeness (QED) is 0.481. The Morgan fingerprint density at radius 1 is 1.13 bits per heavy atom. The summed E-state index contributed by atoms with van der Waals surface area (Å²) >= 11 is 1.82. The lowest BCUT2D eigenvalue weighted by molar-refractivity contribution is -0.0334. The Bertz CT molecular complexity index is 789. The fourth-order valence-electron chi connectivity index (χ4n) is 4.57. The van der Waals surface area contributed by atoms with E-state index in [-0.39, 0.29) is 12.1 Å². The van der Waals surface area contributed by atoms with Crippen LogP contribution in [0.1, 0.15) is 42.5 Å². The standard InChI is InChI=1S/C23H35N5O2S/c1-18-17-28(11-13-29-18)20(22-8-6-14-31-22)16-26-23(24-2)25-15-19(21-7-5-12-30-21)27-9-3-4-10-27/h5-8,12,14,18-20H,3-4,9-11,13,15-17H2,1-2H3,(H2,24,25,26). The van der Waals surface area contributed by atoms with Gasteiger partial charge in [0.25, 0.3) is 0 Å². The van der Waals surface area contributed by atoms with Crippen LogP contribution >= 0.6 is 11.3 Å². The van der Waals surface area contributed by atoms with Crippen molar-refractivity contribution in [3.05, 3.63) is 46.5 Å². The number of furan rings is 1. The maximum Gasteiger partial charge on any atom is 0.191 e. The largest absolute Gasteiger partial charge is 0.468 e. The van der Waals surface area contributed by atoms with Crippen molar-refractivity contribution in [2.45, 2.75) is 38.0 Å². The van der Waals surface area contributed by atoms with Crippen LogP contribution < -0.4 is 10.6 Å². The van der Waals surface area contributed by atoms with Crippen molar-refractivity contribution in [3.8, 4) is 0 Å². The van der Waals surface area contributed by atoms with Gasteiger partial charge in [0.15, 0.2) is 5.96 Å². The molecule has 2 aliphatic heterocycles. The maximum atomic E-state index is 5.76. The number of likely N-dealkylation sites (tertiary alicyclic amines) is 1. The Morgan fingerprint density at radius 3 is 2.58 bits per heavy atom. The molecule has 2 saturated heterocycles. The van der Waals surface area contributed by atoms with E-state index < -0.39 is 0 Å². The highest BCUT2D eigenvalue weighted by molar-refractivity contribution is 7.10. The Kier molecular flexibility index (Phi) is 8.02. The number of guanidine groups is 1. The molecule has 0 spiro atoms. The van der Waals surface area contributed by atoms with Crippen molar-refractivity contribution >= 4 is 17.3 Å². The second-order valence-electron chi connectivity index (χ2n) is 8.32. The molecule has 3 atom stereocenters. The van der Waals surface area contributed by atoms with Gasteiger partial charge in [0.05, 0.1) is 31.1 Å². The summed E-state index contributed by atoms with van der Waals surface area (Å²) in [7, 11) is 1.84. The molecule has 4 heterocycles. The van der Waals surface area contributed by atoms with Crippen molar-refractivity contribution in [1.29, 1.82) is 0 Å². The average molecular weight is 446 g/mol. The molecule has 0 radical (unpaired) electrons. The lowest BCUT2D eigenvalue weighted by Crippen LogP contribution is -2.48. The molecule has 31 heavy (non-hydrogen) atoms. The Morgan fingerprint density at radius 2 is 1.94 bits per heavy atom. The molecule has 2 aromatic heterocycles. The third-order valence-electron chi connectivity index (χ3n) is 6.19. The summed E-state index contributed by atoms with van der Waals surface area (Å²) in [4.78, 5) is 10.9. The molecule has 0 saturated carbocycles. The first kappa shape index (κ1) is 22.3.